The van der Waals surface area contributed by atoms with E-state index < -0.39 is 6.10 Å². The van der Waals surface area contributed by atoms with Crippen molar-refractivity contribution in [3.8, 4) is 0 Å². The van der Waals surface area contributed by atoms with E-state index in [4.69, 9.17) is 4.74 Å². The molecule has 0 aliphatic carbocycles. The molecular weight excluding hydrogens is 395 g/mol. The Bertz CT molecular complexity index is 404. The molecule has 0 radical (unpaired) electrons. The van der Waals surface area contributed by atoms with Crippen molar-refractivity contribution in [1.82, 2.24) is 15.6 Å². The van der Waals surface area contributed by atoms with E-state index in [1.807, 2.05) is 13.8 Å². The van der Waals surface area contributed by atoms with Crippen molar-refractivity contribution in [1.29, 1.82) is 0 Å². The van der Waals surface area contributed by atoms with Crippen molar-refractivity contribution >= 4 is 29.9 Å². The van der Waals surface area contributed by atoms with Crippen LogP contribution in [0.2, 0.25) is 0 Å². The summed E-state index contributed by atoms with van der Waals surface area (Å²) in [6.07, 6.45) is 3.64. The average molecular weight is 422 g/mol. The van der Waals surface area contributed by atoms with Gasteiger partial charge in [0, 0.05) is 38.7 Å². The lowest BCUT2D eigenvalue weighted by molar-refractivity contribution is 0.145. The monoisotopic (exact) mass is 422 g/mol. The number of guanidine groups is 1. The Balaban J connectivity index is 0.00000441. The Labute approximate surface area is 149 Å². The molecule has 1 unspecified atom stereocenters. The molecule has 0 amide bonds. The maximum Gasteiger partial charge on any atom is 0.191 e. The van der Waals surface area contributed by atoms with Crippen LogP contribution >= 0.6 is 24.0 Å². The minimum Gasteiger partial charge on any atom is -0.386 e. The third-order valence-electron chi connectivity index (χ3n) is 2.82. The summed E-state index contributed by atoms with van der Waals surface area (Å²) in [4.78, 5) is 8.32. The Kier molecular flexibility index (Phi) is 13.1. The number of pyridine rings is 1. The molecule has 3 N–H and O–H groups in total. The number of aliphatic imine (C=N–C) groups is 1. The van der Waals surface area contributed by atoms with Crippen LogP contribution in [0.15, 0.2) is 29.5 Å². The number of hydrogen-bond donors (Lipinski definition) is 3. The molecular formula is C15H27IN4O2. The molecule has 0 saturated carbocycles. The second kappa shape index (κ2) is 13.7. The van der Waals surface area contributed by atoms with Crippen molar-refractivity contribution in [3.63, 3.8) is 0 Å². The number of hydrogen-bond acceptors (Lipinski definition) is 4. The van der Waals surface area contributed by atoms with Gasteiger partial charge in [-0.05, 0) is 38.0 Å². The fourth-order valence-corrected chi connectivity index (χ4v) is 1.74. The third-order valence-corrected chi connectivity index (χ3v) is 2.82. The standard InChI is InChI=1S/C15H26N4O2.HI/c1-3-17-15(18-8-5-11-21-4-2)19-12-14(20)13-6-9-16-10-7-13;/h6-7,9-10,14,20H,3-5,8,11-12H2,1-2H3,(H2,17,18,19);1H. The van der Waals surface area contributed by atoms with Crippen LogP contribution in [0.3, 0.4) is 0 Å². The van der Waals surface area contributed by atoms with Crippen molar-refractivity contribution in [3.05, 3.63) is 30.1 Å². The van der Waals surface area contributed by atoms with Crippen LogP contribution in [-0.4, -0.2) is 48.9 Å². The van der Waals surface area contributed by atoms with Crippen molar-refractivity contribution in [2.24, 2.45) is 4.99 Å². The summed E-state index contributed by atoms with van der Waals surface area (Å²) >= 11 is 0. The van der Waals surface area contributed by atoms with E-state index in [9.17, 15) is 5.11 Å². The van der Waals surface area contributed by atoms with Crippen molar-refractivity contribution in [2.45, 2.75) is 26.4 Å². The topological polar surface area (TPSA) is 78.8 Å². The van der Waals surface area contributed by atoms with Gasteiger partial charge in [0.05, 0.1) is 12.6 Å². The average Bonchev–Trinajstić information content (AvgIpc) is 2.52. The first-order valence-electron chi connectivity index (χ1n) is 7.45. The highest BCUT2D eigenvalue weighted by molar-refractivity contribution is 14.0. The van der Waals surface area contributed by atoms with E-state index in [-0.39, 0.29) is 24.0 Å². The molecule has 6 nitrogen and oxygen atoms in total. The number of aliphatic hydroxyl groups excluding tert-OH is 1. The van der Waals surface area contributed by atoms with Gasteiger partial charge in [0.15, 0.2) is 5.96 Å². The first-order chi connectivity index (χ1) is 10.3. The molecule has 0 aliphatic heterocycles. The summed E-state index contributed by atoms with van der Waals surface area (Å²) in [5.74, 6) is 0.710. The molecule has 0 aliphatic rings. The van der Waals surface area contributed by atoms with Gasteiger partial charge in [0.25, 0.3) is 0 Å². The highest BCUT2D eigenvalue weighted by Gasteiger charge is 2.06. The van der Waals surface area contributed by atoms with Gasteiger partial charge in [-0.15, -0.1) is 24.0 Å². The number of aliphatic hydroxyl groups is 1. The second-order valence-corrected chi connectivity index (χ2v) is 4.49. The van der Waals surface area contributed by atoms with Crippen molar-refractivity contribution in [2.75, 3.05) is 32.8 Å². The number of nitrogens with one attached hydrogen (secondary N) is 2. The molecule has 0 fully saturated rings. The van der Waals surface area contributed by atoms with Crippen LogP contribution in [0.25, 0.3) is 0 Å². The zero-order valence-corrected chi connectivity index (χ0v) is 15.6. The predicted molar refractivity (Wildman–Crippen MR) is 99.7 cm³/mol. The normalized spacial score (nSPS) is 12.4. The van der Waals surface area contributed by atoms with Gasteiger partial charge in [-0.2, -0.15) is 0 Å². The largest absolute Gasteiger partial charge is 0.386 e. The van der Waals surface area contributed by atoms with Crippen LogP contribution < -0.4 is 10.6 Å². The fraction of sp³-hybridized carbons (Fsp3) is 0.600. The maximum atomic E-state index is 10.1. The fourth-order valence-electron chi connectivity index (χ4n) is 1.74. The van der Waals surface area contributed by atoms with Gasteiger partial charge in [-0.25, -0.2) is 0 Å². The van der Waals surface area contributed by atoms with E-state index in [1.165, 1.54) is 0 Å². The van der Waals surface area contributed by atoms with Crippen LogP contribution in [-0.2, 0) is 4.74 Å². The summed E-state index contributed by atoms with van der Waals surface area (Å²) in [6, 6.07) is 3.59. The number of halogens is 1. The van der Waals surface area contributed by atoms with Gasteiger partial charge in [0.2, 0.25) is 0 Å². The number of nitrogens with zero attached hydrogens (tertiary/aromatic N) is 2. The predicted octanol–water partition coefficient (Wildman–Crippen LogP) is 1.71. The minimum absolute atomic E-state index is 0. The van der Waals surface area contributed by atoms with E-state index in [2.05, 4.69) is 20.6 Å². The zero-order valence-electron chi connectivity index (χ0n) is 13.3. The van der Waals surface area contributed by atoms with Crippen LogP contribution in [0.1, 0.15) is 31.9 Å². The molecule has 0 spiro atoms. The van der Waals surface area contributed by atoms with Crippen LogP contribution in [0, 0.1) is 0 Å². The van der Waals surface area contributed by atoms with E-state index in [1.54, 1.807) is 24.5 Å². The first-order valence-corrected chi connectivity index (χ1v) is 7.45. The Morgan fingerprint density at radius 1 is 1.32 bits per heavy atom. The van der Waals surface area contributed by atoms with Crippen molar-refractivity contribution < 1.29 is 9.84 Å². The highest BCUT2D eigenvalue weighted by atomic mass is 127. The number of rotatable bonds is 9. The SMILES string of the molecule is CCNC(=NCC(O)c1ccncc1)NCCCOCC.I. The molecule has 126 valence electrons. The molecule has 1 aromatic heterocycles. The first kappa shape index (κ1) is 21.1. The zero-order chi connectivity index (χ0) is 15.3. The smallest absolute Gasteiger partial charge is 0.191 e. The second-order valence-electron chi connectivity index (χ2n) is 4.49. The maximum absolute atomic E-state index is 10.1. The molecule has 0 bridgehead atoms. The highest BCUT2D eigenvalue weighted by Crippen LogP contribution is 2.10. The lowest BCUT2D eigenvalue weighted by Gasteiger charge is -2.13. The molecule has 1 heterocycles. The summed E-state index contributed by atoms with van der Waals surface area (Å²) in [6.45, 7) is 7.36. The Morgan fingerprint density at radius 2 is 2.05 bits per heavy atom. The lowest BCUT2D eigenvalue weighted by atomic mass is 10.1. The molecule has 1 atom stereocenters. The van der Waals surface area contributed by atoms with Gasteiger partial charge < -0.3 is 20.5 Å². The molecule has 0 aromatic carbocycles. The molecule has 7 heteroatoms. The minimum atomic E-state index is -0.619. The Hall–Kier alpha value is -0.930. The van der Waals surface area contributed by atoms with Crippen LogP contribution in [0.5, 0.6) is 0 Å². The van der Waals surface area contributed by atoms with Gasteiger partial charge in [-0.1, -0.05) is 0 Å². The lowest BCUT2D eigenvalue weighted by Crippen LogP contribution is -2.38. The number of ether oxygens (including phenoxy) is 1. The van der Waals surface area contributed by atoms with E-state index in [0.717, 1.165) is 38.3 Å². The van der Waals surface area contributed by atoms with Gasteiger partial charge >= 0.3 is 0 Å². The summed E-state index contributed by atoms with van der Waals surface area (Å²) < 4.78 is 5.29. The third kappa shape index (κ3) is 9.16. The summed E-state index contributed by atoms with van der Waals surface area (Å²) in [7, 11) is 0. The van der Waals surface area contributed by atoms with E-state index in [0.29, 0.717) is 12.5 Å². The van der Waals surface area contributed by atoms with Gasteiger partial charge in [0.1, 0.15) is 0 Å². The van der Waals surface area contributed by atoms with Crippen LogP contribution in [0.4, 0.5) is 0 Å². The van der Waals surface area contributed by atoms with E-state index >= 15 is 0 Å². The number of aromatic nitrogens is 1. The summed E-state index contributed by atoms with van der Waals surface area (Å²) in [5.41, 5.74) is 0.820. The molecule has 22 heavy (non-hydrogen) atoms. The molecule has 1 rings (SSSR count). The summed E-state index contributed by atoms with van der Waals surface area (Å²) in [5, 5.41) is 16.4. The molecule has 0 saturated heterocycles. The van der Waals surface area contributed by atoms with Gasteiger partial charge in [-0.3, -0.25) is 9.98 Å². The molecule has 1 aromatic rings. The Morgan fingerprint density at radius 3 is 2.68 bits per heavy atom. The quantitative estimate of drug-likeness (QED) is 0.245.